The van der Waals surface area contributed by atoms with Gasteiger partial charge in [-0.05, 0) is 47.3 Å². The predicted octanol–water partition coefficient (Wildman–Crippen LogP) is 4.00. The van der Waals surface area contributed by atoms with Crippen molar-refractivity contribution in [2.75, 3.05) is 12.4 Å². The average Bonchev–Trinajstić information content (AvgIpc) is 2.96. The van der Waals surface area contributed by atoms with Crippen molar-refractivity contribution in [3.8, 4) is 0 Å². The van der Waals surface area contributed by atoms with Crippen LogP contribution in [0.4, 0.5) is 5.82 Å². The lowest BCUT2D eigenvalue weighted by atomic mass is 10.2. The van der Waals surface area contributed by atoms with Crippen LogP contribution in [0.3, 0.4) is 0 Å². The molecule has 0 aliphatic rings. The van der Waals surface area contributed by atoms with Gasteiger partial charge in [-0.2, -0.15) is 0 Å². The van der Waals surface area contributed by atoms with Gasteiger partial charge in [0, 0.05) is 28.6 Å². The molecule has 0 aliphatic carbocycles. The van der Waals surface area contributed by atoms with Crippen molar-refractivity contribution in [2.45, 2.75) is 26.4 Å². The number of hydrogen-bond donors (Lipinski definition) is 1. The summed E-state index contributed by atoms with van der Waals surface area (Å²) in [6, 6.07) is 5.97. The number of anilines is 1. The lowest BCUT2D eigenvalue weighted by Crippen LogP contribution is -2.36. The zero-order chi connectivity index (χ0) is 15.4. The molecule has 1 N–H and O–H groups in total. The minimum Gasteiger partial charge on any atom is -0.372 e. The van der Waals surface area contributed by atoms with Crippen LogP contribution in [0.1, 0.15) is 29.1 Å². The molecule has 0 spiro atoms. The molecule has 0 atom stereocenters. The zero-order valence-corrected chi connectivity index (χ0v) is 14.7. The van der Waals surface area contributed by atoms with E-state index in [4.69, 9.17) is 0 Å². The SMILES string of the molecule is CNc1ncc(Br)cc1C(=O)N(Cc1cccs1)C(C)C. The number of carbonyl (C=O) groups is 1. The van der Waals surface area contributed by atoms with E-state index in [1.165, 1.54) is 4.88 Å². The number of halogens is 1. The van der Waals surface area contributed by atoms with Gasteiger partial charge >= 0.3 is 0 Å². The Hall–Kier alpha value is -1.40. The highest BCUT2D eigenvalue weighted by Gasteiger charge is 2.22. The lowest BCUT2D eigenvalue weighted by Gasteiger charge is -2.27. The minimum atomic E-state index is -0.0171. The van der Waals surface area contributed by atoms with Crippen LogP contribution in [0.2, 0.25) is 0 Å². The number of pyridine rings is 1. The molecular weight excluding hydrogens is 350 g/mol. The Morgan fingerprint density at radius 2 is 2.29 bits per heavy atom. The smallest absolute Gasteiger partial charge is 0.258 e. The summed E-state index contributed by atoms with van der Waals surface area (Å²) in [5.74, 6) is 0.580. The second-order valence-electron chi connectivity index (χ2n) is 4.91. The van der Waals surface area contributed by atoms with E-state index in [9.17, 15) is 4.79 Å². The number of hydrogen-bond acceptors (Lipinski definition) is 4. The van der Waals surface area contributed by atoms with Crippen LogP contribution in [0.15, 0.2) is 34.2 Å². The van der Waals surface area contributed by atoms with E-state index in [0.717, 1.165) is 4.47 Å². The maximum atomic E-state index is 12.9. The third-order valence-electron chi connectivity index (χ3n) is 3.11. The van der Waals surface area contributed by atoms with Crippen LogP contribution >= 0.6 is 27.3 Å². The standard InChI is InChI=1S/C15H18BrN3OS/c1-10(2)19(9-12-5-4-6-21-12)15(20)13-7-11(16)8-18-14(13)17-3/h4-8,10H,9H2,1-3H3,(H,17,18). The fourth-order valence-electron chi connectivity index (χ4n) is 2.02. The molecule has 4 nitrogen and oxygen atoms in total. The van der Waals surface area contributed by atoms with Crippen LogP contribution in [-0.4, -0.2) is 28.9 Å². The molecule has 2 aromatic rings. The van der Waals surface area contributed by atoms with Crippen molar-refractivity contribution in [2.24, 2.45) is 0 Å². The van der Waals surface area contributed by atoms with Crippen LogP contribution in [0.5, 0.6) is 0 Å². The monoisotopic (exact) mass is 367 g/mol. The van der Waals surface area contributed by atoms with Crippen LogP contribution < -0.4 is 5.32 Å². The van der Waals surface area contributed by atoms with Crippen LogP contribution in [0, 0.1) is 0 Å². The van der Waals surface area contributed by atoms with Gasteiger partial charge in [0.15, 0.2) is 0 Å². The molecule has 0 saturated carbocycles. The molecule has 0 unspecified atom stereocenters. The molecule has 2 heterocycles. The molecule has 1 amide bonds. The molecule has 2 rings (SSSR count). The highest BCUT2D eigenvalue weighted by molar-refractivity contribution is 9.10. The van der Waals surface area contributed by atoms with Gasteiger partial charge in [-0.25, -0.2) is 4.98 Å². The van der Waals surface area contributed by atoms with Gasteiger partial charge in [-0.1, -0.05) is 6.07 Å². The summed E-state index contributed by atoms with van der Waals surface area (Å²) in [6.07, 6.45) is 1.68. The van der Waals surface area contributed by atoms with Crippen molar-refractivity contribution in [1.82, 2.24) is 9.88 Å². The van der Waals surface area contributed by atoms with E-state index in [1.807, 2.05) is 42.3 Å². The van der Waals surface area contributed by atoms with E-state index in [0.29, 0.717) is 17.9 Å². The average molecular weight is 368 g/mol. The van der Waals surface area contributed by atoms with Gasteiger partial charge in [0.05, 0.1) is 12.1 Å². The second-order valence-corrected chi connectivity index (χ2v) is 6.85. The topological polar surface area (TPSA) is 45.2 Å². The molecule has 112 valence electrons. The third-order valence-corrected chi connectivity index (χ3v) is 4.41. The van der Waals surface area contributed by atoms with Crippen LogP contribution in [0.25, 0.3) is 0 Å². The first-order valence-electron chi connectivity index (χ1n) is 6.69. The number of thiophene rings is 1. The summed E-state index contributed by atoms with van der Waals surface area (Å²) in [6.45, 7) is 4.66. The Kier molecular flexibility index (Phi) is 5.36. The Bertz CT molecular complexity index is 613. The summed E-state index contributed by atoms with van der Waals surface area (Å²) in [4.78, 5) is 20.2. The first-order chi connectivity index (χ1) is 10.0. The minimum absolute atomic E-state index is 0.0171. The number of amides is 1. The molecule has 0 aromatic carbocycles. The summed E-state index contributed by atoms with van der Waals surface area (Å²) in [7, 11) is 1.77. The zero-order valence-electron chi connectivity index (χ0n) is 12.3. The van der Waals surface area contributed by atoms with Gasteiger partial charge in [-0.3, -0.25) is 4.79 Å². The first-order valence-corrected chi connectivity index (χ1v) is 8.37. The van der Waals surface area contributed by atoms with Crippen molar-refractivity contribution < 1.29 is 4.79 Å². The van der Waals surface area contributed by atoms with E-state index in [2.05, 4.69) is 26.2 Å². The summed E-state index contributed by atoms with van der Waals surface area (Å²) >= 11 is 5.04. The van der Waals surface area contributed by atoms with Crippen molar-refractivity contribution >= 4 is 39.0 Å². The quantitative estimate of drug-likeness (QED) is 0.868. The maximum Gasteiger partial charge on any atom is 0.258 e. The normalized spacial score (nSPS) is 10.7. The highest BCUT2D eigenvalue weighted by atomic mass is 79.9. The molecule has 0 fully saturated rings. The second kappa shape index (κ2) is 7.04. The van der Waals surface area contributed by atoms with E-state index >= 15 is 0 Å². The highest BCUT2D eigenvalue weighted by Crippen LogP contribution is 2.22. The molecule has 21 heavy (non-hydrogen) atoms. The lowest BCUT2D eigenvalue weighted by molar-refractivity contribution is 0.0693. The van der Waals surface area contributed by atoms with E-state index in [-0.39, 0.29) is 11.9 Å². The number of aromatic nitrogens is 1. The van der Waals surface area contributed by atoms with Crippen molar-refractivity contribution in [1.29, 1.82) is 0 Å². The largest absolute Gasteiger partial charge is 0.372 e. The van der Waals surface area contributed by atoms with E-state index < -0.39 is 0 Å². The maximum absolute atomic E-state index is 12.9. The third kappa shape index (κ3) is 3.83. The Labute approximate surface area is 137 Å². The van der Waals surface area contributed by atoms with Gasteiger partial charge in [0.1, 0.15) is 5.82 Å². The van der Waals surface area contributed by atoms with Gasteiger partial charge < -0.3 is 10.2 Å². The summed E-state index contributed by atoms with van der Waals surface area (Å²) < 4.78 is 0.796. The fourth-order valence-corrected chi connectivity index (χ4v) is 3.05. The number of nitrogens with zero attached hydrogens (tertiary/aromatic N) is 2. The van der Waals surface area contributed by atoms with Gasteiger partial charge in [0.2, 0.25) is 0 Å². The fraction of sp³-hybridized carbons (Fsp3) is 0.333. The van der Waals surface area contributed by atoms with E-state index in [1.54, 1.807) is 24.6 Å². The van der Waals surface area contributed by atoms with Gasteiger partial charge in [0.25, 0.3) is 5.91 Å². The van der Waals surface area contributed by atoms with Crippen molar-refractivity contribution in [3.63, 3.8) is 0 Å². The molecule has 2 aromatic heterocycles. The first kappa shape index (κ1) is 16.0. The van der Waals surface area contributed by atoms with Gasteiger partial charge in [-0.15, -0.1) is 11.3 Å². The molecular formula is C15H18BrN3OS. The summed E-state index contributed by atoms with van der Waals surface area (Å²) in [5, 5.41) is 5.01. The molecule has 0 radical (unpaired) electrons. The predicted molar refractivity (Wildman–Crippen MR) is 90.8 cm³/mol. The van der Waals surface area contributed by atoms with Crippen molar-refractivity contribution in [3.05, 3.63) is 44.7 Å². The molecule has 0 bridgehead atoms. The molecule has 0 saturated heterocycles. The molecule has 0 aliphatic heterocycles. The molecule has 6 heteroatoms. The number of rotatable bonds is 5. The van der Waals surface area contributed by atoms with Crippen LogP contribution in [-0.2, 0) is 6.54 Å². The Balaban J connectivity index is 2.32. The Morgan fingerprint density at radius 1 is 1.52 bits per heavy atom. The number of carbonyl (C=O) groups excluding carboxylic acids is 1. The number of nitrogens with one attached hydrogen (secondary N) is 1. The Morgan fingerprint density at radius 3 is 2.86 bits per heavy atom. The summed E-state index contributed by atoms with van der Waals surface area (Å²) in [5.41, 5.74) is 0.581.